The van der Waals surface area contributed by atoms with Gasteiger partial charge in [-0.3, -0.25) is 9.69 Å². The number of hydrogen-bond acceptors (Lipinski definition) is 3. The molecule has 3 aromatic rings. The van der Waals surface area contributed by atoms with E-state index in [2.05, 4.69) is 16.1 Å². The van der Waals surface area contributed by atoms with Crippen molar-refractivity contribution in [2.45, 2.75) is 13.1 Å². The highest BCUT2D eigenvalue weighted by Crippen LogP contribution is 2.20. The summed E-state index contributed by atoms with van der Waals surface area (Å²) in [4.78, 5) is 14.6. The molecule has 0 unspecified atom stereocenters. The van der Waals surface area contributed by atoms with Gasteiger partial charge < -0.3 is 11.1 Å². The van der Waals surface area contributed by atoms with E-state index < -0.39 is 0 Å². The van der Waals surface area contributed by atoms with Gasteiger partial charge in [-0.15, -0.1) is 6.42 Å². The number of nitrogen functional groups attached to an aromatic ring is 1. The molecule has 0 saturated heterocycles. The second-order valence-corrected chi connectivity index (χ2v) is 7.09. The van der Waals surface area contributed by atoms with E-state index in [0.29, 0.717) is 36.6 Å². The summed E-state index contributed by atoms with van der Waals surface area (Å²) < 4.78 is 0. The minimum absolute atomic E-state index is 0.203. The van der Waals surface area contributed by atoms with Crippen LogP contribution >= 0.6 is 11.6 Å². The van der Waals surface area contributed by atoms with Crippen molar-refractivity contribution in [2.24, 2.45) is 0 Å². The lowest BCUT2D eigenvalue weighted by atomic mass is 10.1. The summed E-state index contributed by atoms with van der Waals surface area (Å²) in [6, 6.07) is 22.4. The smallest absolute Gasteiger partial charge is 0.255 e. The van der Waals surface area contributed by atoms with Crippen LogP contribution in [0.3, 0.4) is 0 Å². The van der Waals surface area contributed by atoms with Gasteiger partial charge in [-0.25, -0.2) is 0 Å². The number of nitrogens with zero attached hydrogens (tertiary/aromatic N) is 1. The largest absolute Gasteiger partial charge is 0.397 e. The third-order valence-electron chi connectivity index (χ3n) is 4.50. The van der Waals surface area contributed by atoms with Crippen molar-refractivity contribution < 1.29 is 4.79 Å². The van der Waals surface area contributed by atoms with E-state index in [4.69, 9.17) is 23.8 Å². The lowest BCUT2D eigenvalue weighted by molar-refractivity contribution is 0.102. The molecule has 0 atom stereocenters. The van der Waals surface area contributed by atoms with E-state index in [9.17, 15) is 4.79 Å². The quantitative estimate of drug-likeness (QED) is 0.439. The molecule has 4 nitrogen and oxygen atoms in total. The zero-order valence-corrected chi connectivity index (χ0v) is 16.7. The Kier molecular flexibility index (Phi) is 6.91. The van der Waals surface area contributed by atoms with Crippen LogP contribution in [0, 0.1) is 12.3 Å². The predicted octanol–water partition coefficient (Wildman–Crippen LogP) is 4.81. The number of amides is 1. The zero-order valence-electron chi connectivity index (χ0n) is 15.9. The van der Waals surface area contributed by atoms with Crippen molar-refractivity contribution in [1.82, 2.24) is 4.90 Å². The first-order valence-electron chi connectivity index (χ1n) is 9.21. The summed E-state index contributed by atoms with van der Waals surface area (Å²) in [6.45, 7) is 1.81. The van der Waals surface area contributed by atoms with Gasteiger partial charge in [0.05, 0.1) is 17.9 Å². The number of halogens is 1. The van der Waals surface area contributed by atoms with Crippen molar-refractivity contribution in [3.05, 3.63) is 94.5 Å². The standard InChI is InChI=1S/C24H22ClN3O/c1-2-15-28(17-20-7-3-4-8-21(20)25)16-18-11-13-19(14-12-18)24(29)27-23-10-6-5-9-22(23)26/h1,3-14H,15-17,26H2,(H,27,29). The van der Waals surface area contributed by atoms with E-state index >= 15 is 0 Å². The molecule has 0 spiro atoms. The van der Waals surface area contributed by atoms with Crippen LogP contribution in [-0.2, 0) is 13.1 Å². The van der Waals surface area contributed by atoms with E-state index in [-0.39, 0.29) is 5.91 Å². The molecule has 3 aromatic carbocycles. The fraction of sp³-hybridized carbons (Fsp3) is 0.125. The Morgan fingerprint density at radius 1 is 1.00 bits per heavy atom. The summed E-state index contributed by atoms with van der Waals surface area (Å²) in [5, 5.41) is 3.55. The molecule has 0 aliphatic rings. The summed E-state index contributed by atoms with van der Waals surface area (Å²) in [6.07, 6.45) is 5.54. The molecule has 29 heavy (non-hydrogen) atoms. The van der Waals surface area contributed by atoms with Gasteiger partial charge >= 0.3 is 0 Å². The van der Waals surface area contributed by atoms with Gasteiger partial charge in [-0.2, -0.15) is 0 Å². The zero-order chi connectivity index (χ0) is 20.6. The minimum Gasteiger partial charge on any atom is -0.397 e. The van der Waals surface area contributed by atoms with Crippen LogP contribution < -0.4 is 11.1 Å². The van der Waals surface area contributed by atoms with Gasteiger partial charge in [-0.1, -0.05) is 60.0 Å². The first-order chi connectivity index (χ1) is 14.1. The van der Waals surface area contributed by atoms with Gasteiger partial charge in [0, 0.05) is 23.7 Å². The van der Waals surface area contributed by atoms with Crippen molar-refractivity contribution in [3.63, 3.8) is 0 Å². The Bertz CT molecular complexity index is 1020. The SMILES string of the molecule is C#CCN(Cc1ccc(C(=O)Nc2ccccc2N)cc1)Cc1ccccc1Cl. The fourth-order valence-corrected chi connectivity index (χ4v) is 3.18. The Morgan fingerprint density at radius 2 is 1.69 bits per heavy atom. The number of benzene rings is 3. The van der Waals surface area contributed by atoms with Gasteiger partial charge in [-0.05, 0) is 41.5 Å². The van der Waals surface area contributed by atoms with Crippen molar-refractivity contribution in [1.29, 1.82) is 0 Å². The molecule has 5 heteroatoms. The van der Waals surface area contributed by atoms with E-state index in [1.54, 1.807) is 24.3 Å². The Morgan fingerprint density at radius 3 is 2.38 bits per heavy atom. The van der Waals surface area contributed by atoms with E-state index in [1.165, 1.54) is 0 Å². The molecule has 1 amide bonds. The molecule has 0 bridgehead atoms. The van der Waals surface area contributed by atoms with Crippen molar-refractivity contribution in [3.8, 4) is 12.3 Å². The molecule has 0 aliphatic heterocycles. The number of carbonyl (C=O) groups is 1. The van der Waals surface area contributed by atoms with Crippen LogP contribution in [-0.4, -0.2) is 17.4 Å². The molecule has 0 radical (unpaired) electrons. The predicted molar refractivity (Wildman–Crippen MR) is 120 cm³/mol. The first kappa shape index (κ1) is 20.5. The van der Waals surface area contributed by atoms with E-state index in [0.717, 1.165) is 16.1 Å². The lowest BCUT2D eigenvalue weighted by Crippen LogP contribution is -2.23. The average Bonchev–Trinajstić information content (AvgIpc) is 2.72. The number of anilines is 2. The number of terminal acetylenes is 1. The van der Waals surface area contributed by atoms with Gasteiger partial charge in [0.25, 0.3) is 5.91 Å². The van der Waals surface area contributed by atoms with Crippen LogP contribution in [0.4, 0.5) is 11.4 Å². The third kappa shape index (κ3) is 5.61. The van der Waals surface area contributed by atoms with Crippen molar-refractivity contribution >= 4 is 28.9 Å². The first-order valence-corrected chi connectivity index (χ1v) is 9.58. The van der Waals surface area contributed by atoms with Gasteiger partial charge in [0.1, 0.15) is 0 Å². The highest BCUT2D eigenvalue weighted by molar-refractivity contribution is 6.31. The lowest BCUT2D eigenvalue weighted by Gasteiger charge is -2.20. The topological polar surface area (TPSA) is 58.4 Å². The van der Waals surface area contributed by atoms with Crippen molar-refractivity contribution in [2.75, 3.05) is 17.6 Å². The number of para-hydroxylation sites is 2. The van der Waals surface area contributed by atoms with Crippen LogP contribution in [0.5, 0.6) is 0 Å². The maximum absolute atomic E-state index is 12.5. The average molecular weight is 404 g/mol. The van der Waals surface area contributed by atoms with Gasteiger partial charge in [0.2, 0.25) is 0 Å². The number of rotatable bonds is 7. The van der Waals surface area contributed by atoms with Crippen LogP contribution in [0.2, 0.25) is 5.02 Å². The summed E-state index contributed by atoms with van der Waals surface area (Å²) in [5.74, 6) is 2.49. The Labute approximate surface area is 176 Å². The Hall–Kier alpha value is -3.26. The van der Waals surface area contributed by atoms with Crippen LogP contribution in [0.15, 0.2) is 72.8 Å². The van der Waals surface area contributed by atoms with E-state index in [1.807, 2.05) is 48.5 Å². The number of hydrogen-bond donors (Lipinski definition) is 2. The summed E-state index contributed by atoms with van der Waals surface area (Å²) >= 11 is 6.27. The molecule has 0 fully saturated rings. The molecule has 3 N–H and O–H groups in total. The number of nitrogens with one attached hydrogen (secondary N) is 1. The second kappa shape index (κ2) is 9.79. The monoisotopic (exact) mass is 403 g/mol. The maximum Gasteiger partial charge on any atom is 0.255 e. The maximum atomic E-state index is 12.5. The molecular weight excluding hydrogens is 382 g/mol. The highest BCUT2D eigenvalue weighted by Gasteiger charge is 2.11. The molecular formula is C24H22ClN3O. The summed E-state index contributed by atoms with van der Waals surface area (Å²) in [5.41, 5.74) is 9.66. The van der Waals surface area contributed by atoms with Crippen LogP contribution in [0.25, 0.3) is 0 Å². The van der Waals surface area contributed by atoms with Crippen LogP contribution in [0.1, 0.15) is 21.5 Å². The third-order valence-corrected chi connectivity index (χ3v) is 4.87. The highest BCUT2D eigenvalue weighted by atomic mass is 35.5. The molecule has 0 aliphatic carbocycles. The molecule has 0 heterocycles. The number of nitrogens with two attached hydrogens (primary N) is 1. The fourth-order valence-electron chi connectivity index (χ4n) is 2.99. The summed E-state index contributed by atoms with van der Waals surface area (Å²) in [7, 11) is 0. The number of carbonyl (C=O) groups excluding carboxylic acids is 1. The molecule has 0 aromatic heterocycles. The second-order valence-electron chi connectivity index (χ2n) is 6.68. The molecule has 3 rings (SSSR count). The minimum atomic E-state index is -0.203. The normalized spacial score (nSPS) is 10.5. The Balaban J connectivity index is 1.66. The molecule has 0 saturated carbocycles. The van der Waals surface area contributed by atoms with Gasteiger partial charge in [0.15, 0.2) is 0 Å². The molecule has 146 valence electrons.